The van der Waals surface area contributed by atoms with Crippen LogP contribution in [0.25, 0.3) is 0 Å². The van der Waals surface area contributed by atoms with E-state index in [1.165, 1.54) is 12.5 Å². The van der Waals surface area contributed by atoms with Gasteiger partial charge < -0.3 is 20.2 Å². The number of aromatic nitrogens is 3. The highest BCUT2D eigenvalue weighted by Crippen LogP contribution is 2.69. The molecule has 10 nitrogen and oxygen atoms in total. The van der Waals surface area contributed by atoms with Crippen molar-refractivity contribution < 1.29 is 23.5 Å². The molecule has 2 spiro atoms. The Morgan fingerprint density at radius 2 is 1.63 bits per heavy atom. The predicted octanol–water partition coefficient (Wildman–Crippen LogP) is 9.22. The molecule has 3 N–H and O–H groups in total. The topological polar surface area (TPSA) is 133 Å². The van der Waals surface area contributed by atoms with Gasteiger partial charge in [-0.2, -0.15) is 0 Å². The maximum Gasteiger partial charge on any atom is 0.238 e. The molecule has 0 bridgehead atoms. The van der Waals surface area contributed by atoms with Gasteiger partial charge in [0.25, 0.3) is 0 Å². The first-order valence-electron chi connectivity index (χ1n) is 20.5. The van der Waals surface area contributed by atoms with E-state index >= 15 is 14.0 Å². The number of nitrogens with zero attached hydrogens (tertiary/aromatic N) is 4. The number of hydrogen-bond acceptors (Lipinski definition) is 8. The molecule has 9 rings (SSSR count). The van der Waals surface area contributed by atoms with E-state index in [0.717, 1.165) is 18.4 Å². The molecule has 306 valence electrons. The standard InChI is InChI=1S/C46H47Cl2FN6O4/c1-44(2)20-22-45(23-21-44)46(32-25-50-35(48)24-34(32)53-43(46)58)36(31-14-9-15-33(47)37(31)49)39(41(57)52-30-18-16-29(17-19-30)42-54-51-26-59-42)55(45)38(27-10-5-3-6-11-27)40(56)28-12-7-4-8-13-28/h3-15,24-26,29-30,36,38-40,56H,16-23H2,1-2H3,(H,52,57)(H,53,58)/t29-,30-,36-,38+,39+,40-,46?/m0/s1. The van der Waals surface area contributed by atoms with Gasteiger partial charge in [0.2, 0.25) is 24.1 Å². The van der Waals surface area contributed by atoms with Crippen molar-refractivity contribution in [3.63, 3.8) is 0 Å². The van der Waals surface area contributed by atoms with Crippen LogP contribution in [-0.4, -0.2) is 54.6 Å². The summed E-state index contributed by atoms with van der Waals surface area (Å²) in [5.74, 6) is -1.91. The average Bonchev–Trinajstić information content (AvgIpc) is 3.94. The van der Waals surface area contributed by atoms with E-state index in [0.29, 0.717) is 61.2 Å². The first kappa shape index (κ1) is 39.8. The maximum absolute atomic E-state index is 17.2. The first-order valence-corrected chi connectivity index (χ1v) is 21.2. The molecular formula is C46H47Cl2FN6O4. The molecule has 4 heterocycles. The third-order valence-electron chi connectivity index (χ3n) is 13.9. The van der Waals surface area contributed by atoms with E-state index in [2.05, 4.69) is 44.6 Å². The summed E-state index contributed by atoms with van der Waals surface area (Å²) in [6.07, 6.45) is 6.81. The van der Waals surface area contributed by atoms with Crippen molar-refractivity contribution in [2.75, 3.05) is 5.32 Å². The SMILES string of the molecule is CC1(C)CCC2(CC1)N([C@H](c1ccccc1)[C@@H](O)c1ccccc1)[C@@H](C(=O)N[C@H]1CC[C@H](c3nnco3)CC1)[C@H](c1cccc(Cl)c1F)C21C(=O)Nc2cc(Cl)ncc21. The van der Waals surface area contributed by atoms with E-state index in [4.69, 9.17) is 27.6 Å². The molecule has 1 saturated heterocycles. The Bertz CT molecular complexity index is 2330. The molecule has 4 aliphatic rings. The lowest BCUT2D eigenvalue weighted by Gasteiger charge is -2.56. The molecule has 3 fully saturated rings. The highest BCUT2D eigenvalue weighted by atomic mass is 35.5. The van der Waals surface area contributed by atoms with Crippen molar-refractivity contribution in [1.82, 2.24) is 25.4 Å². The number of likely N-dealkylation sites (tertiary alicyclic amines) is 1. The highest BCUT2D eigenvalue weighted by molar-refractivity contribution is 6.31. The molecule has 2 aromatic heterocycles. The van der Waals surface area contributed by atoms with Crippen molar-refractivity contribution >= 4 is 40.7 Å². The molecule has 5 atom stereocenters. The smallest absolute Gasteiger partial charge is 0.238 e. The third-order valence-corrected chi connectivity index (χ3v) is 14.4. The van der Waals surface area contributed by atoms with Crippen molar-refractivity contribution in [3.05, 3.63) is 142 Å². The van der Waals surface area contributed by atoms with Gasteiger partial charge in [-0.1, -0.05) is 110 Å². The third kappa shape index (κ3) is 6.56. The molecule has 2 saturated carbocycles. The van der Waals surface area contributed by atoms with Gasteiger partial charge in [-0.15, -0.1) is 10.2 Å². The monoisotopic (exact) mass is 836 g/mol. The van der Waals surface area contributed by atoms with Gasteiger partial charge in [-0.05, 0) is 85.6 Å². The average molecular weight is 838 g/mol. The summed E-state index contributed by atoms with van der Waals surface area (Å²) in [6, 6.07) is 23.2. The Hall–Kier alpha value is -4.68. The number of nitrogens with one attached hydrogen (secondary N) is 2. The van der Waals surface area contributed by atoms with Crippen molar-refractivity contribution in [2.45, 2.75) is 112 Å². The predicted molar refractivity (Wildman–Crippen MR) is 222 cm³/mol. The van der Waals surface area contributed by atoms with Gasteiger partial charge in [0.15, 0.2) is 0 Å². The second-order valence-electron chi connectivity index (χ2n) is 17.5. The minimum absolute atomic E-state index is 0.0700. The zero-order chi connectivity index (χ0) is 41.1. The van der Waals surface area contributed by atoms with Crippen LogP contribution in [0, 0.1) is 11.2 Å². The number of fused-ring (bicyclic) bond motifs is 3. The largest absolute Gasteiger partial charge is 0.428 e. The van der Waals surface area contributed by atoms with E-state index in [1.807, 2.05) is 60.7 Å². The Kier molecular flexibility index (Phi) is 10.4. The fourth-order valence-electron chi connectivity index (χ4n) is 11.1. The summed E-state index contributed by atoms with van der Waals surface area (Å²) < 4.78 is 22.7. The van der Waals surface area contributed by atoms with Crippen LogP contribution in [0.3, 0.4) is 0 Å². The van der Waals surface area contributed by atoms with Crippen LogP contribution < -0.4 is 10.6 Å². The molecule has 13 heteroatoms. The van der Waals surface area contributed by atoms with E-state index < -0.39 is 40.9 Å². The summed E-state index contributed by atoms with van der Waals surface area (Å²) >= 11 is 13.2. The molecule has 59 heavy (non-hydrogen) atoms. The normalized spacial score (nSPS) is 27.0. The van der Waals surface area contributed by atoms with Crippen LogP contribution in [0.1, 0.15) is 117 Å². The first-order chi connectivity index (χ1) is 28.4. The number of aliphatic hydroxyl groups excluding tert-OH is 1. The van der Waals surface area contributed by atoms with Crippen molar-refractivity contribution in [1.29, 1.82) is 0 Å². The Morgan fingerprint density at radius 3 is 2.29 bits per heavy atom. The number of pyridine rings is 1. The highest BCUT2D eigenvalue weighted by Gasteiger charge is 2.77. The number of carbonyl (C=O) groups excluding carboxylic acids is 2. The van der Waals surface area contributed by atoms with Gasteiger partial charge in [0.05, 0.1) is 23.2 Å². The zero-order valence-electron chi connectivity index (χ0n) is 33.0. The number of carbonyl (C=O) groups is 2. The van der Waals surface area contributed by atoms with Crippen LogP contribution in [-0.2, 0) is 15.0 Å². The number of halogens is 3. The number of rotatable bonds is 8. The molecule has 3 aromatic carbocycles. The van der Waals surface area contributed by atoms with Crippen LogP contribution in [0.5, 0.6) is 0 Å². The van der Waals surface area contributed by atoms with Gasteiger partial charge in [0, 0.05) is 40.9 Å². The second-order valence-corrected chi connectivity index (χ2v) is 18.3. The molecule has 2 aliphatic carbocycles. The van der Waals surface area contributed by atoms with E-state index in [9.17, 15) is 5.11 Å². The number of hydrogen-bond donors (Lipinski definition) is 3. The summed E-state index contributed by atoms with van der Waals surface area (Å²) in [6.45, 7) is 4.43. The van der Waals surface area contributed by atoms with Crippen LogP contribution in [0.15, 0.2) is 102 Å². The van der Waals surface area contributed by atoms with Crippen LogP contribution >= 0.6 is 23.2 Å². The van der Waals surface area contributed by atoms with E-state index in [-0.39, 0.29) is 44.9 Å². The van der Waals surface area contributed by atoms with Crippen LogP contribution in [0.2, 0.25) is 10.2 Å². The number of amides is 2. The zero-order valence-corrected chi connectivity index (χ0v) is 34.5. The quantitative estimate of drug-likeness (QED) is 0.132. The lowest BCUT2D eigenvalue weighted by molar-refractivity contribution is -0.137. The Labute approximate surface area is 352 Å². The molecule has 2 amide bonds. The second kappa shape index (κ2) is 15.4. The molecule has 1 unspecified atom stereocenters. The summed E-state index contributed by atoms with van der Waals surface area (Å²) in [5.41, 5.74) is -0.331. The van der Waals surface area contributed by atoms with Crippen molar-refractivity contribution in [2.24, 2.45) is 5.41 Å². The van der Waals surface area contributed by atoms with Crippen molar-refractivity contribution in [3.8, 4) is 0 Å². The van der Waals surface area contributed by atoms with Gasteiger partial charge in [-0.25, -0.2) is 9.37 Å². The minimum atomic E-state index is -1.59. The summed E-state index contributed by atoms with van der Waals surface area (Å²) in [4.78, 5) is 38.2. The van der Waals surface area contributed by atoms with Gasteiger partial charge >= 0.3 is 0 Å². The molecule has 5 aromatic rings. The van der Waals surface area contributed by atoms with Crippen LogP contribution in [0.4, 0.5) is 10.1 Å². The molecule has 0 radical (unpaired) electrons. The fraction of sp³-hybridized carbons (Fsp3) is 0.413. The fourth-order valence-corrected chi connectivity index (χ4v) is 11.4. The molecule has 2 aliphatic heterocycles. The molecular weight excluding hydrogens is 790 g/mol. The Morgan fingerprint density at radius 1 is 0.949 bits per heavy atom. The lowest BCUT2D eigenvalue weighted by atomic mass is 9.53. The summed E-state index contributed by atoms with van der Waals surface area (Å²) in [5, 5.41) is 27.6. The number of benzene rings is 3. The lowest BCUT2D eigenvalue weighted by Crippen LogP contribution is -2.64. The number of anilines is 1. The van der Waals surface area contributed by atoms with Gasteiger partial charge in [-0.3, -0.25) is 14.5 Å². The number of aliphatic hydroxyl groups is 1. The van der Waals surface area contributed by atoms with Gasteiger partial charge in [0.1, 0.15) is 16.4 Å². The van der Waals surface area contributed by atoms with E-state index in [1.54, 1.807) is 24.4 Å². The summed E-state index contributed by atoms with van der Waals surface area (Å²) in [7, 11) is 0. The minimum Gasteiger partial charge on any atom is -0.428 e. The maximum atomic E-state index is 17.2. The Balaban J connectivity index is 1.31.